The molecule has 0 atom stereocenters. The van der Waals surface area contributed by atoms with Gasteiger partial charge in [-0.3, -0.25) is 4.79 Å². The first-order valence-corrected chi connectivity index (χ1v) is 8.28. The van der Waals surface area contributed by atoms with Crippen LogP contribution in [0.1, 0.15) is 33.2 Å². The van der Waals surface area contributed by atoms with Crippen molar-refractivity contribution in [1.82, 2.24) is 4.98 Å². The summed E-state index contributed by atoms with van der Waals surface area (Å²) in [6.45, 7) is 2.59. The number of carbonyl (C=O) groups excluding carboxylic acids is 1. The lowest BCUT2D eigenvalue weighted by atomic mass is 9.96. The van der Waals surface area contributed by atoms with Gasteiger partial charge in [-0.05, 0) is 37.3 Å². The van der Waals surface area contributed by atoms with E-state index in [4.69, 9.17) is 0 Å². The lowest BCUT2D eigenvalue weighted by Gasteiger charge is -2.24. The van der Waals surface area contributed by atoms with Crippen molar-refractivity contribution in [2.75, 3.05) is 11.4 Å². The van der Waals surface area contributed by atoms with Crippen LogP contribution in [0.25, 0.3) is 0 Å². The van der Waals surface area contributed by atoms with E-state index in [1.54, 1.807) is 36.5 Å². The van der Waals surface area contributed by atoms with Crippen LogP contribution < -0.4 is 4.90 Å². The lowest BCUT2D eigenvalue weighted by Crippen LogP contribution is -2.21. The van der Waals surface area contributed by atoms with Crippen molar-refractivity contribution in [3.05, 3.63) is 89.6 Å². The van der Waals surface area contributed by atoms with Gasteiger partial charge in [-0.1, -0.05) is 36.4 Å². The molecule has 5 heteroatoms. The van der Waals surface area contributed by atoms with Gasteiger partial charge < -0.3 is 10.0 Å². The molecule has 3 rings (SSSR count). The van der Waals surface area contributed by atoms with Crippen molar-refractivity contribution in [2.45, 2.75) is 6.92 Å². The zero-order valence-electron chi connectivity index (χ0n) is 14.3. The van der Waals surface area contributed by atoms with Crippen molar-refractivity contribution < 1.29 is 14.7 Å². The molecular weight excluding hydrogens is 328 g/mol. The van der Waals surface area contributed by atoms with Crippen LogP contribution in [0.5, 0.6) is 0 Å². The van der Waals surface area contributed by atoms with Gasteiger partial charge >= 0.3 is 5.97 Å². The first kappa shape index (κ1) is 17.4. The molecular formula is C21H18N2O3. The summed E-state index contributed by atoms with van der Waals surface area (Å²) >= 11 is 0. The predicted octanol–water partition coefficient (Wildman–Crippen LogP) is 4.17. The molecule has 0 amide bonds. The molecule has 1 aromatic heterocycles. The minimum Gasteiger partial charge on any atom is -0.478 e. The van der Waals surface area contributed by atoms with Crippen LogP contribution in [-0.2, 0) is 0 Å². The summed E-state index contributed by atoms with van der Waals surface area (Å²) < 4.78 is 0. The number of ketones is 1. The van der Waals surface area contributed by atoms with Gasteiger partial charge in [0, 0.05) is 23.9 Å². The smallest absolute Gasteiger partial charge is 0.336 e. The second kappa shape index (κ2) is 7.61. The SMILES string of the molecule is CCN(c1ccccn1)c1ccccc1C(=O)c1ccccc1C(=O)O. The molecule has 26 heavy (non-hydrogen) atoms. The maximum absolute atomic E-state index is 13.1. The zero-order chi connectivity index (χ0) is 18.5. The maximum Gasteiger partial charge on any atom is 0.336 e. The van der Waals surface area contributed by atoms with E-state index in [0.717, 1.165) is 5.82 Å². The molecule has 1 N–H and O–H groups in total. The second-order valence-electron chi connectivity index (χ2n) is 5.63. The van der Waals surface area contributed by atoms with Crippen LogP contribution in [0.3, 0.4) is 0 Å². The van der Waals surface area contributed by atoms with Gasteiger partial charge in [0.15, 0.2) is 5.78 Å². The Bertz CT molecular complexity index is 939. The van der Waals surface area contributed by atoms with E-state index in [9.17, 15) is 14.7 Å². The summed E-state index contributed by atoms with van der Waals surface area (Å²) in [6, 6.07) is 19.0. The Morgan fingerprint density at radius 3 is 2.12 bits per heavy atom. The molecule has 130 valence electrons. The summed E-state index contributed by atoms with van der Waals surface area (Å²) in [4.78, 5) is 30.9. The summed E-state index contributed by atoms with van der Waals surface area (Å²) in [7, 11) is 0. The summed E-state index contributed by atoms with van der Waals surface area (Å²) in [5, 5.41) is 9.39. The third kappa shape index (κ3) is 3.32. The van der Waals surface area contributed by atoms with Gasteiger partial charge in [0.05, 0.1) is 11.3 Å². The van der Waals surface area contributed by atoms with Crippen LogP contribution in [0.4, 0.5) is 11.5 Å². The Labute approximate surface area is 151 Å². The Hall–Kier alpha value is -3.47. The van der Waals surface area contributed by atoms with Crippen molar-refractivity contribution in [1.29, 1.82) is 0 Å². The minimum absolute atomic E-state index is 0.00631. The summed E-state index contributed by atoms with van der Waals surface area (Å²) in [5.74, 6) is -0.724. The van der Waals surface area contributed by atoms with Gasteiger partial charge in [-0.25, -0.2) is 9.78 Å². The van der Waals surface area contributed by atoms with E-state index in [0.29, 0.717) is 17.8 Å². The fraction of sp³-hybridized carbons (Fsp3) is 0.0952. The molecule has 2 aromatic carbocycles. The molecule has 0 fully saturated rings. The number of hydrogen-bond acceptors (Lipinski definition) is 4. The first-order chi connectivity index (χ1) is 12.6. The molecule has 0 aliphatic rings. The van der Waals surface area contributed by atoms with Crippen molar-refractivity contribution >= 4 is 23.3 Å². The topological polar surface area (TPSA) is 70.5 Å². The summed E-state index contributed by atoms with van der Waals surface area (Å²) in [5.41, 5.74) is 1.30. The van der Waals surface area contributed by atoms with E-state index in [-0.39, 0.29) is 16.9 Å². The number of benzene rings is 2. The fourth-order valence-corrected chi connectivity index (χ4v) is 2.88. The molecule has 3 aromatic rings. The monoisotopic (exact) mass is 346 g/mol. The fourth-order valence-electron chi connectivity index (χ4n) is 2.88. The standard InChI is InChI=1S/C21H18N2O3/c1-2-23(19-13-7-8-14-22-19)18-12-6-5-11-17(18)20(24)15-9-3-4-10-16(15)21(25)26/h3-14H,2H2,1H3,(H,25,26). The van der Waals surface area contributed by atoms with Crippen LogP contribution in [0, 0.1) is 0 Å². The largest absolute Gasteiger partial charge is 0.478 e. The second-order valence-corrected chi connectivity index (χ2v) is 5.63. The average molecular weight is 346 g/mol. The number of para-hydroxylation sites is 1. The third-order valence-corrected chi connectivity index (χ3v) is 4.08. The molecule has 0 aliphatic carbocycles. The molecule has 0 radical (unpaired) electrons. The van der Waals surface area contributed by atoms with Gasteiger partial charge in [0.25, 0.3) is 0 Å². The Balaban J connectivity index is 2.11. The minimum atomic E-state index is -1.12. The number of carbonyl (C=O) groups is 2. The number of aromatic nitrogens is 1. The molecule has 1 heterocycles. The van der Waals surface area contributed by atoms with Crippen molar-refractivity contribution in [3.63, 3.8) is 0 Å². The van der Waals surface area contributed by atoms with E-state index in [1.807, 2.05) is 42.2 Å². The van der Waals surface area contributed by atoms with Crippen LogP contribution in [0.2, 0.25) is 0 Å². The number of pyridine rings is 1. The number of nitrogens with zero attached hydrogens (tertiary/aromatic N) is 2. The van der Waals surface area contributed by atoms with Gasteiger partial charge in [-0.2, -0.15) is 0 Å². The van der Waals surface area contributed by atoms with E-state index in [1.165, 1.54) is 6.07 Å². The number of aromatic carboxylic acids is 1. The normalized spacial score (nSPS) is 10.3. The average Bonchev–Trinajstić information content (AvgIpc) is 2.69. The molecule has 0 aliphatic heterocycles. The van der Waals surface area contributed by atoms with Crippen LogP contribution >= 0.6 is 0 Å². The highest BCUT2D eigenvalue weighted by Gasteiger charge is 2.22. The number of rotatable bonds is 6. The number of carboxylic acids is 1. The first-order valence-electron chi connectivity index (χ1n) is 8.28. The molecule has 0 saturated carbocycles. The van der Waals surface area contributed by atoms with E-state index < -0.39 is 5.97 Å². The Kier molecular flexibility index (Phi) is 5.08. The number of hydrogen-bond donors (Lipinski definition) is 1. The van der Waals surface area contributed by atoms with Crippen molar-refractivity contribution in [3.8, 4) is 0 Å². The van der Waals surface area contributed by atoms with Crippen molar-refractivity contribution in [2.24, 2.45) is 0 Å². The Morgan fingerprint density at radius 2 is 1.50 bits per heavy atom. The number of carboxylic acid groups (broad SMARTS) is 1. The van der Waals surface area contributed by atoms with Crippen LogP contribution in [-0.4, -0.2) is 28.4 Å². The van der Waals surface area contributed by atoms with E-state index in [2.05, 4.69) is 4.98 Å². The van der Waals surface area contributed by atoms with E-state index >= 15 is 0 Å². The molecule has 5 nitrogen and oxygen atoms in total. The van der Waals surface area contributed by atoms with Gasteiger partial charge in [0.2, 0.25) is 0 Å². The highest BCUT2D eigenvalue weighted by Crippen LogP contribution is 2.29. The lowest BCUT2D eigenvalue weighted by molar-refractivity contribution is 0.0693. The molecule has 0 saturated heterocycles. The highest BCUT2D eigenvalue weighted by molar-refractivity contribution is 6.16. The van der Waals surface area contributed by atoms with Crippen LogP contribution in [0.15, 0.2) is 72.9 Å². The highest BCUT2D eigenvalue weighted by atomic mass is 16.4. The number of anilines is 2. The zero-order valence-corrected chi connectivity index (χ0v) is 14.3. The molecule has 0 spiro atoms. The Morgan fingerprint density at radius 1 is 0.885 bits per heavy atom. The summed E-state index contributed by atoms with van der Waals surface area (Å²) in [6.07, 6.45) is 1.70. The molecule has 0 bridgehead atoms. The maximum atomic E-state index is 13.1. The van der Waals surface area contributed by atoms with Gasteiger partial charge in [0.1, 0.15) is 5.82 Å². The molecule has 0 unspecified atom stereocenters. The van der Waals surface area contributed by atoms with Gasteiger partial charge in [-0.15, -0.1) is 0 Å². The third-order valence-electron chi connectivity index (χ3n) is 4.08. The quantitative estimate of drug-likeness (QED) is 0.678. The predicted molar refractivity (Wildman–Crippen MR) is 100 cm³/mol.